The molecule has 166 valence electrons. The van der Waals surface area contributed by atoms with Crippen molar-refractivity contribution in [2.75, 3.05) is 19.8 Å². The van der Waals surface area contributed by atoms with Crippen LogP contribution in [0.3, 0.4) is 0 Å². The Kier molecular flexibility index (Phi) is 6.88. The molecule has 0 spiro atoms. The summed E-state index contributed by atoms with van der Waals surface area (Å²) in [6.45, 7) is 6.78. The van der Waals surface area contributed by atoms with Gasteiger partial charge in [-0.2, -0.15) is 0 Å². The van der Waals surface area contributed by atoms with Crippen molar-refractivity contribution in [1.29, 1.82) is 0 Å². The number of carbonyl (C=O) groups excluding carboxylic acids is 1. The number of benzene rings is 2. The average molecular weight is 428 g/mol. The molecule has 0 amide bonds. The topological polar surface area (TPSA) is 48.0 Å². The Balaban J connectivity index is 1.66. The monoisotopic (exact) mass is 427 g/mol. The highest BCUT2D eigenvalue weighted by molar-refractivity contribution is 5.96. The lowest BCUT2D eigenvalue weighted by Gasteiger charge is -2.19. The van der Waals surface area contributed by atoms with Crippen molar-refractivity contribution in [2.45, 2.75) is 58.7 Å². The number of unbranched alkanes of at least 4 members (excludes halogenated alkanes) is 1. The Morgan fingerprint density at radius 2 is 2.00 bits per heavy atom. The van der Waals surface area contributed by atoms with Crippen LogP contribution in [-0.2, 0) is 17.8 Å². The summed E-state index contributed by atoms with van der Waals surface area (Å²) in [4.78, 5) is 15.3. The van der Waals surface area contributed by atoms with Crippen LogP contribution in [0.25, 0.3) is 0 Å². The molecule has 31 heavy (non-hydrogen) atoms. The van der Waals surface area contributed by atoms with Gasteiger partial charge in [-0.1, -0.05) is 31.5 Å². The summed E-state index contributed by atoms with van der Waals surface area (Å²) >= 11 is 0. The fourth-order valence-electron chi connectivity index (χ4n) is 4.34. The van der Waals surface area contributed by atoms with E-state index in [-0.39, 0.29) is 23.0 Å². The van der Waals surface area contributed by atoms with Gasteiger partial charge >= 0.3 is 5.97 Å². The van der Waals surface area contributed by atoms with Gasteiger partial charge in [0, 0.05) is 42.9 Å². The van der Waals surface area contributed by atoms with Crippen LogP contribution < -0.4 is 9.47 Å². The minimum absolute atomic E-state index is 0.186. The van der Waals surface area contributed by atoms with Gasteiger partial charge in [-0.3, -0.25) is 4.90 Å². The van der Waals surface area contributed by atoms with E-state index >= 15 is 4.39 Å². The molecule has 0 aromatic heterocycles. The summed E-state index contributed by atoms with van der Waals surface area (Å²) in [6, 6.07) is 8.84. The zero-order chi connectivity index (χ0) is 21.8. The molecule has 0 aliphatic carbocycles. The second-order valence-electron chi connectivity index (χ2n) is 8.31. The van der Waals surface area contributed by atoms with E-state index in [1.807, 2.05) is 6.07 Å². The zero-order valence-electron chi connectivity index (χ0n) is 18.3. The lowest BCUT2D eigenvalue weighted by atomic mass is 9.98. The number of rotatable bonds is 8. The molecule has 2 aromatic carbocycles. The third-order valence-electron chi connectivity index (χ3n) is 5.99. The van der Waals surface area contributed by atoms with Crippen LogP contribution >= 0.6 is 0 Å². The molecule has 2 heterocycles. The van der Waals surface area contributed by atoms with E-state index in [9.17, 15) is 4.79 Å². The maximum absolute atomic E-state index is 15.4. The predicted molar refractivity (Wildman–Crippen MR) is 116 cm³/mol. The number of fused-ring (bicyclic) bond motifs is 1. The van der Waals surface area contributed by atoms with E-state index in [0.29, 0.717) is 36.8 Å². The Morgan fingerprint density at radius 3 is 2.71 bits per heavy atom. The molecule has 0 unspecified atom stereocenters. The molecule has 4 rings (SSSR count). The second kappa shape index (κ2) is 9.79. The van der Waals surface area contributed by atoms with E-state index in [2.05, 4.69) is 11.8 Å². The highest BCUT2D eigenvalue weighted by Gasteiger charge is 2.34. The van der Waals surface area contributed by atoms with Crippen LogP contribution in [0.15, 0.2) is 30.3 Å². The Morgan fingerprint density at radius 1 is 1.23 bits per heavy atom. The van der Waals surface area contributed by atoms with Crippen LogP contribution in [0, 0.1) is 12.7 Å². The smallest absolute Gasteiger partial charge is 0.347 e. The first-order chi connectivity index (χ1) is 15.1. The van der Waals surface area contributed by atoms with Crippen LogP contribution in [0.5, 0.6) is 11.5 Å². The first kappa shape index (κ1) is 21.8. The molecule has 0 saturated carbocycles. The lowest BCUT2D eigenvalue weighted by Crippen LogP contribution is -2.27. The van der Waals surface area contributed by atoms with Crippen LogP contribution in [-0.4, -0.2) is 36.7 Å². The minimum Gasteiger partial charge on any atom is -0.492 e. The number of esters is 1. The number of halogens is 1. The van der Waals surface area contributed by atoms with Crippen molar-refractivity contribution in [2.24, 2.45) is 0 Å². The molecule has 2 aliphatic rings. The standard InChI is InChI=1S/C25H30FNO4/c1-3-4-12-30-24-21-16-27(14-19-11-8-13-29-19)15-20(21)23(26)17(2)22(24)25(28)31-18-9-6-5-7-10-18/h5-7,9-10,19H,3-4,8,11-16H2,1-2H3/t19-/m1/s1. The van der Waals surface area contributed by atoms with Gasteiger partial charge in [-0.15, -0.1) is 0 Å². The third-order valence-corrected chi connectivity index (χ3v) is 5.99. The molecular weight excluding hydrogens is 397 g/mol. The molecular formula is C25H30FNO4. The summed E-state index contributed by atoms with van der Waals surface area (Å²) in [6.07, 6.45) is 4.11. The first-order valence-electron chi connectivity index (χ1n) is 11.2. The second-order valence-corrected chi connectivity index (χ2v) is 8.31. The average Bonchev–Trinajstić information content (AvgIpc) is 3.43. The molecule has 0 bridgehead atoms. The molecule has 2 aliphatic heterocycles. The predicted octanol–water partition coefficient (Wildman–Crippen LogP) is 5.03. The van der Waals surface area contributed by atoms with Crippen LogP contribution in [0.2, 0.25) is 0 Å². The summed E-state index contributed by atoms with van der Waals surface area (Å²) in [5, 5.41) is 0. The van der Waals surface area contributed by atoms with Crippen LogP contribution in [0.1, 0.15) is 59.7 Å². The van der Waals surface area contributed by atoms with E-state index in [1.165, 1.54) is 0 Å². The van der Waals surface area contributed by atoms with Crippen molar-refractivity contribution in [3.63, 3.8) is 0 Å². The normalized spacial score (nSPS) is 18.2. The van der Waals surface area contributed by atoms with Crippen molar-refractivity contribution in [3.05, 3.63) is 58.4 Å². The van der Waals surface area contributed by atoms with Gasteiger partial charge < -0.3 is 14.2 Å². The molecule has 1 atom stereocenters. The van der Waals surface area contributed by atoms with Gasteiger partial charge in [0.2, 0.25) is 0 Å². The van der Waals surface area contributed by atoms with Crippen molar-refractivity contribution in [3.8, 4) is 11.5 Å². The molecule has 1 fully saturated rings. The van der Waals surface area contributed by atoms with Crippen LogP contribution in [0.4, 0.5) is 4.39 Å². The molecule has 0 radical (unpaired) electrons. The fraction of sp³-hybridized carbons (Fsp3) is 0.480. The van der Waals surface area contributed by atoms with E-state index in [0.717, 1.165) is 44.4 Å². The van der Waals surface area contributed by atoms with Crippen molar-refractivity contribution in [1.82, 2.24) is 4.90 Å². The largest absolute Gasteiger partial charge is 0.492 e. The fourth-order valence-corrected chi connectivity index (χ4v) is 4.34. The Bertz CT molecular complexity index is 925. The lowest BCUT2D eigenvalue weighted by molar-refractivity contribution is 0.0714. The highest BCUT2D eigenvalue weighted by Crippen LogP contribution is 2.39. The summed E-state index contributed by atoms with van der Waals surface area (Å²) in [7, 11) is 0. The van der Waals surface area contributed by atoms with Gasteiger partial charge in [0.1, 0.15) is 22.9 Å². The van der Waals surface area contributed by atoms with E-state index in [1.54, 1.807) is 31.2 Å². The molecule has 6 heteroatoms. The molecule has 1 saturated heterocycles. The number of hydrogen-bond acceptors (Lipinski definition) is 5. The molecule has 2 aromatic rings. The van der Waals surface area contributed by atoms with E-state index in [4.69, 9.17) is 14.2 Å². The van der Waals surface area contributed by atoms with Crippen molar-refractivity contribution >= 4 is 5.97 Å². The summed E-state index contributed by atoms with van der Waals surface area (Å²) in [5.74, 6) is -0.0346. The number of carbonyl (C=O) groups is 1. The summed E-state index contributed by atoms with van der Waals surface area (Å²) < 4.78 is 32.8. The quantitative estimate of drug-likeness (QED) is 0.336. The molecule has 0 N–H and O–H groups in total. The first-order valence-corrected chi connectivity index (χ1v) is 11.2. The van der Waals surface area contributed by atoms with Gasteiger partial charge in [-0.05, 0) is 38.3 Å². The number of para-hydroxylation sites is 1. The highest BCUT2D eigenvalue weighted by atomic mass is 19.1. The maximum Gasteiger partial charge on any atom is 0.347 e. The van der Waals surface area contributed by atoms with E-state index < -0.39 is 5.97 Å². The number of ether oxygens (including phenoxy) is 3. The maximum atomic E-state index is 15.4. The SMILES string of the molecule is CCCCOc1c2c(c(F)c(C)c1C(=O)Oc1ccccc1)CN(C[C@H]1CCCO1)C2. The van der Waals surface area contributed by atoms with Gasteiger partial charge in [-0.25, -0.2) is 9.18 Å². The number of nitrogens with zero attached hydrogens (tertiary/aromatic N) is 1. The zero-order valence-corrected chi connectivity index (χ0v) is 18.3. The number of hydrogen-bond donors (Lipinski definition) is 0. The Labute approximate surface area is 183 Å². The minimum atomic E-state index is -0.588. The van der Waals surface area contributed by atoms with Gasteiger partial charge in [0.05, 0.1) is 12.7 Å². The molecule has 5 nitrogen and oxygen atoms in total. The third kappa shape index (κ3) is 4.75. The van der Waals surface area contributed by atoms with Gasteiger partial charge in [0.15, 0.2) is 0 Å². The van der Waals surface area contributed by atoms with Gasteiger partial charge in [0.25, 0.3) is 0 Å². The summed E-state index contributed by atoms with van der Waals surface area (Å²) in [5.41, 5.74) is 1.86. The van der Waals surface area contributed by atoms with Crippen molar-refractivity contribution < 1.29 is 23.4 Å². The Hall–Kier alpha value is -2.44.